The van der Waals surface area contributed by atoms with E-state index in [4.69, 9.17) is 16.3 Å². The lowest BCUT2D eigenvalue weighted by atomic mass is 9.95. The van der Waals surface area contributed by atoms with E-state index in [1.165, 1.54) is 12.1 Å². The molecule has 1 aliphatic heterocycles. The van der Waals surface area contributed by atoms with Crippen LogP contribution in [0.25, 0.3) is 0 Å². The first-order valence-corrected chi connectivity index (χ1v) is 6.05. The van der Waals surface area contributed by atoms with Crippen molar-refractivity contribution >= 4 is 23.1 Å². The lowest BCUT2D eigenvalue weighted by Gasteiger charge is -2.34. The molecule has 1 aliphatic rings. The lowest BCUT2D eigenvalue weighted by Crippen LogP contribution is -2.43. The fourth-order valence-corrected chi connectivity index (χ4v) is 2.13. The molecule has 0 radical (unpaired) electrons. The third kappa shape index (κ3) is 2.88. The number of pyridine rings is 1. The first kappa shape index (κ1) is 13.0. The summed E-state index contributed by atoms with van der Waals surface area (Å²) in [5.74, 6) is 0.195. The number of anilines is 1. The summed E-state index contributed by atoms with van der Waals surface area (Å²) in [7, 11) is 0. The molecule has 1 unspecified atom stereocenters. The first-order chi connectivity index (χ1) is 8.50. The van der Waals surface area contributed by atoms with Crippen molar-refractivity contribution < 1.29 is 9.66 Å². The zero-order valence-corrected chi connectivity index (χ0v) is 10.7. The summed E-state index contributed by atoms with van der Waals surface area (Å²) in [4.78, 5) is 14.4. The van der Waals surface area contributed by atoms with E-state index in [1.807, 2.05) is 6.92 Å². The zero-order chi connectivity index (χ0) is 13.2. The van der Waals surface area contributed by atoms with Gasteiger partial charge in [-0.05, 0) is 25.8 Å². The van der Waals surface area contributed by atoms with E-state index < -0.39 is 4.92 Å². The number of ether oxygens (including phenoxy) is 1. The summed E-state index contributed by atoms with van der Waals surface area (Å²) in [5.41, 5.74) is -0.424. The molecule has 1 saturated heterocycles. The maximum atomic E-state index is 10.9. The van der Waals surface area contributed by atoms with Gasteiger partial charge in [-0.2, -0.15) is 0 Å². The molecule has 98 valence electrons. The predicted molar refractivity (Wildman–Crippen MR) is 68.0 cm³/mol. The molecule has 1 aromatic heterocycles. The van der Waals surface area contributed by atoms with Gasteiger partial charge in [-0.25, -0.2) is 4.98 Å². The quantitative estimate of drug-likeness (QED) is 0.519. The van der Waals surface area contributed by atoms with Crippen LogP contribution in [0.15, 0.2) is 12.1 Å². The molecule has 2 rings (SSSR count). The Bertz CT molecular complexity index is 461. The van der Waals surface area contributed by atoms with Gasteiger partial charge in [-0.15, -0.1) is 0 Å². The highest BCUT2D eigenvalue weighted by atomic mass is 35.5. The van der Waals surface area contributed by atoms with Crippen molar-refractivity contribution in [3.05, 3.63) is 27.4 Å². The number of nitro groups is 1. The smallest absolute Gasteiger partial charge is 0.311 e. The Kier molecular flexibility index (Phi) is 3.68. The monoisotopic (exact) mass is 271 g/mol. The van der Waals surface area contributed by atoms with E-state index in [1.54, 1.807) is 0 Å². The van der Waals surface area contributed by atoms with E-state index >= 15 is 0 Å². The number of hydrogen-bond donors (Lipinski definition) is 1. The molecule has 0 amide bonds. The van der Waals surface area contributed by atoms with Gasteiger partial charge in [0.2, 0.25) is 5.82 Å². The normalized spacial score (nSPS) is 23.7. The van der Waals surface area contributed by atoms with Crippen LogP contribution in [0.4, 0.5) is 11.5 Å². The van der Waals surface area contributed by atoms with E-state index in [9.17, 15) is 10.1 Å². The topological polar surface area (TPSA) is 77.3 Å². The van der Waals surface area contributed by atoms with Gasteiger partial charge in [0, 0.05) is 12.7 Å². The minimum Gasteiger partial charge on any atom is -0.379 e. The van der Waals surface area contributed by atoms with Gasteiger partial charge in [-0.1, -0.05) is 11.6 Å². The van der Waals surface area contributed by atoms with Crippen LogP contribution < -0.4 is 5.32 Å². The number of nitrogens with zero attached hydrogens (tertiary/aromatic N) is 2. The van der Waals surface area contributed by atoms with Crippen LogP contribution >= 0.6 is 11.6 Å². The molecule has 6 nitrogen and oxygen atoms in total. The van der Waals surface area contributed by atoms with Crippen molar-refractivity contribution in [1.29, 1.82) is 0 Å². The second kappa shape index (κ2) is 5.07. The van der Waals surface area contributed by atoms with E-state index in [-0.39, 0.29) is 22.2 Å². The third-order valence-corrected chi connectivity index (χ3v) is 3.11. The summed E-state index contributed by atoms with van der Waals surface area (Å²) in [6.07, 6.45) is 1.79. The highest BCUT2D eigenvalue weighted by molar-refractivity contribution is 6.29. The number of hydrogen-bond acceptors (Lipinski definition) is 5. The Hall–Kier alpha value is -1.40. The Morgan fingerprint density at radius 2 is 2.39 bits per heavy atom. The number of nitrogens with one attached hydrogen (secondary N) is 1. The van der Waals surface area contributed by atoms with Crippen LogP contribution in [-0.4, -0.2) is 28.7 Å². The number of aromatic nitrogens is 1. The molecule has 0 spiro atoms. The number of halogens is 1. The molecular formula is C11H14ClN3O3. The highest BCUT2D eigenvalue weighted by Crippen LogP contribution is 2.29. The highest BCUT2D eigenvalue weighted by Gasteiger charge is 2.30. The fraction of sp³-hybridized carbons (Fsp3) is 0.545. The van der Waals surface area contributed by atoms with E-state index in [0.29, 0.717) is 6.61 Å². The van der Waals surface area contributed by atoms with Crippen molar-refractivity contribution in [2.75, 3.05) is 18.5 Å². The fourth-order valence-electron chi connectivity index (χ4n) is 1.99. The molecule has 2 heterocycles. The van der Waals surface area contributed by atoms with Gasteiger partial charge in [-0.3, -0.25) is 10.1 Å². The molecule has 1 N–H and O–H groups in total. The molecule has 18 heavy (non-hydrogen) atoms. The summed E-state index contributed by atoms with van der Waals surface area (Å²) in [6.45, 7) is 3.18. The van der Waals surface area contributed by atoms with Gasteiger partial charge < -0.3 is 10.1 Å². The van der Waals surface area contributed by atoms with E-state index in [2.05, 4.69) is 10.3 Å². The molecule has 0 aliphatic carbocycles. The molecule has 0 saturated carbocycles. The largest absolute Gasteiger partial charge is 0.379 e. The molecule has 1 aromatic rings. The Balaban J connectivity index is 2.26. The number of rotatable bonds is 3. The Morgan fingerprint density at radius 1 is 1.61 bits per heavy atom. The van der Waals surface area contributed by atoms with Gasteiger partial charge in [0.15, 0.2) is 0 Å². The molecule has 0 aromatic carbocycles. The summed E-state index contributed by atoms with van der Waals surface area (Å²) >= 11 is 5.78. The summed E-state index contributed by atoms with van der Waals surface area (Å²) < 4.78 is 5.39. The standard InChI is InChI=1S/C11H14ClN3O3/c1-11(5-2-6-18-7-11)14-10-8(15(16)17)3-4-9(12)13-10/h3-4H,2,5-7H2,1H3,(H,13,14). The van der Waals surface area contributed by atoms with Crippen LogP contribution in [0, 0.1) is 10.1 Å². The zero-order valence-electron chi connectivity index (χ0n) is 9.98. The molecule has 0 bridgehead atoms. The van der Waals surface area contributed by atoms with Crippen LogP contribution in [0.3, 0.4) is 0 Å². The molecular weight excluding hydrogens is 258 g/mol. The average Bonchev–Trinajstić information content (AvgIpc) is 2.28. The van der Waals surface area contributed by atoms with Crippen molar-refractivity contribution in [2.45, 2.75) is 25.3 Å². The second-order valence-corrected chi connectivity index (χ2v) is 4.99. The molecule has 1 atom stereocenters. The van der Waals surface area contributed by atoms with Crippen LogP contribution in [0.1, 0.15) is 19.8 Å². The lowest BCUT2D eigenvalue weighted by molar-refractivity contribution is -0.384. The predicted octanol–water partition coefficient (Wildman–Crippen LogP) is 2.62. The summed E-state index contributed by atoms with van der Waals surface area (Å²) in [6, 6.07) is 2.76. The van der Waals surface area contributed by atoms with Crippen molar-refractivity contribution in [2.24, 2.45) is 0 Å². The van der Waals surface area contributed by atoms with Gasteiger partial charge >= 0.3 is 5.69 Å². The van der Waals surface area contributed by atoms with Crippen LogP contribution in [-0.2, 0) is 4.74 Å². The average molecular weight is 272 g/mol. The first-order valence-electron chi connectivity index (χ1n) is 5.67. The van der Waals surface area contributed by atoms with Crippen molar-refractivity contribution in [3.8, 4) is 0 Å². The van der Waals surface area contributed by atoms with Crippen molar-refractivity contribution in [1.82, 2.24) is 4.98 Å². The minimum absolute atomic E-state index is 0.0776. The summed E-state index contributed by atoms with van der Waals surface area (Å²) in [5, 5.41) is 14.2. The van der Waals surface area contributed by atoms with Gasteiger partial charge in [0.25, 0.3) is 0 Å². The third-order valence-electron chi connectivity index (χ3n) is 2.89. The maximum Gasteiger partial charge on any atom is 0.311 e. The minimum atomic E-state index is -0.474. The van der Waals surface area contributed by atoms with Gasteiger partial charge in [0.05, 0.1) is 17.1 Å². The SMILES string of the molecule is CC1(Nc2nc(Cl)ccc2[N+](=O)[O-])CCCOC1. The molecule has 7 heteroatoms. The Labute approximate surface area is 109 Å². The van der Waals surface area contributed by atoms with Crippen LogP contribution in [0.5, 0.6) is 0 Å². The Morgan fingerprint density at radius 3 is 3.00 bits per heavy atom. The van der Waals surface area contributed by atoms with Crippen LogP contribution in [0.2, 0.25) is 5.15 Å². The second-order valence-electron chi connectivity index (χ2n) is 4.60. The molecule has 1 fully saturated rings. The van der Waals surface area contributed by atoms with Crippen molar-refractivity contribution in [3.63, 3.8) is 0 Å². The van der Waals surface area contributed by atoms with E-state index in [0.717, 1.165) is 19.4 Å². The maximum absolute atomic E-state index is 10.9. The van der Waals surface area contributed by atoms with Gasteiger partial charge in [0.1, 0.15) is 5.15 Å².